The number of aryl methyl sites for hydroxylation is 2. The van der Waals surface area contributed by atoms with Crippen molar-refractivity contribution in [1.29, 1.82) is 0 Å². The van der Waals surface area contributed by atoms with E-state index in [0.29, 0.717) is 16.3 Å². The van der Waals surface area contributed by atoms with Gasteiger partial charge < -0.3 is 20.1 Å². The minimum absolute atomic E-state index is 0.0185. The van der Waals surface area contributed by atoms with E-state index in [4.69, 9.17) is 16.3 Å². The smallest absolute Gasteiger partial charge is 0.342 e. The minimum atomic E-state index is -0.811. The van der Waals surface area contributed by atoms with Gasteiger partial charge in [-0.1, -0.05) is 29.8 Å². The fourth-order valence-corrected chi connectivity index (χ4v) is 2.76. The predicted molar refractivity (Wildman–Crippen MR) is 110 cm³/mol. The number of carbonyl (C=O) groups excluding carboxylic acids is 3. The lowest BCUT2D eigenvalue weighted by Crippen LogP contribution is -2.40. The fourth-order valence-electron chi connectivity index (χ4n) is 2.59. The predicted octanol–water partition coefficient (Wildman–Crippen LogP) is 3.31. The number of likely N-dealkylation sites (N-methyl/N-ethyl adjacent to an activating group) is 1. The number of nitrogens with one attached hydrogen (secondary N) is 1. The summed E-state index contributed by atoms with van der Waals surface area (Å²) in [6, 6.07) is 9.79. The molecule has 29 heavy (non-hydrogen) atoms. The highest BCUT2D eigenvalue weighted by molar-refractivity contribution is 6.31. The highest BCUT2D eigenvalue weighted by atomic mass is 35.5. The first-order valence-corrected chi connectivity index (χ1v) is 9.40. The van der Waals surface area contributed by atoms with Crippen LogP contribution in [0.15, 0.2) is 36.4 Å². The van der Waals surface area contributed by atoms with Crippen LogP contribution in [-0.2, 0) is 14.3 Å². The fraction of sp³-hybridized carbons (Fsp3) is 0.286. The number of rotatable bonds is 7. The number of hydrogen-bond donors (Lipinski definition) is 2. The molecule has 0 spiro atoms. The van der Waals surface area contributed by atoms with Crippen LogP contribution in [-0.4, -0.2) is 47.5 Å². The van der Waals surface area contributed by atoms with E-state index < -0.39 is 24.4 Å². The molecule has 0 aliphatic carbocycles. The quantitative estimate of drug-likeness (QED) is 0.672. The normalized spacial score (nSPS) is 10.3. The van der Waals surface area contributed by atoms with Crippen molar-refractivity contribution in [3.63, 3.8) is 0 Å². The van der Waals surface area contributed by atoms with Crippen molar-refractivity contribution in [3.05, 3.63) is 58.1 Å². The Morgan fingerprint density at radius 2 is 1.86 bits per heavy atom. The van der Waals surface area contributed by atoms with Crippen molar-refractivity contribution >= 4 is 35.1 Å². The number of anilines is 1. The SMILES string of the molecule is CCN(CC(=O)Nc1cc(Cl)ccc1C)C(=O)COC(=O)c1cccc(C)c1O. The van der Waals surface area contributed by atoms with Gasteiger partial charge in [-0.25, -0.2) is 4.79 Å². The van der Waals surface area contributed by atoms with Gasteiger partial charge in [0, 0.05) is 17.3 Å². The van der Waals surface area contributed by atoms with Gasteiger partial charge in [-0.3, -0.25) is 9.59 Å². The van der Waals surface area contributed by atoms with E-state index >= 15 is 0 Å². The van der Waals surface area contributed by atoms with Crippen LogP contribution < -0.4 is 5.32 Å². The number of phenolic OH excluding ortho intramolecular Hbond substituents is 1. The molecule has 2 aromatic carbocycles. The zero-order chi connectivity index (χ0) is 21.6. The van der Waals surface area contributed by atoms with E-state index in [1.165, 1.54) is 11.0 Å². The summed E-state index contributed by atoms with van der Waals surface area (Å²) in [5.74, 6) is -1.91. The second kappa shape index (κ2) is 9.93. The monoisotopic (exact) mass is 418 g/mol. The molecule has 2 amide bonds. The lowest BCUT2D eigenvalue weighted by molar-refractivity contribution is -0.137. The minimum Gasteiger partial charge on any atom is -0.507 e. The van der Waals surface area contributed by atoms with E-state index in [1.54, 1.807) is 44.2 Å². The number of amides is 2. The van der Waals surface area contributed by atoms with Gasteiger partial charge in [-0.15, -0.1) is 0 Å². The van der Waals surface area contributed by atoms with Crippen LogP contribution in [0, 0.1) is 13.8 Å². The van der Waals surface area contributed by atoms with E-state index in [0.717, 1.165) is 5.56 Å². The maximum absolute atomic E-state index is 12.4. The third kappa shape index (κ3) is 5.96. The molecule has 0 atom stereocenters. The summed E-state index contributed by atoms with van der Waals surface area (Å²) in [6.07, 6.45) is 0. The van der Waals surface area contributed by atoms with Gasteiger partial charge >= 0.3 is 5.97 Å². The Balaban J connectivity index is 1.94. The molecule has 2 N–H and O–H groups in total. The van der Waals surface area contributed by atoms with Gasteiger partial charge in [0.2, 0.25) is 5.91 Å². The molecule has 0 saturated carbocycles. The van der Waals surface area contributed by atoms with Gasteiger partial charge in [0.15, 0.2) is 6.61 Å². The molecule has 0 aromatic heterocycles. The number of ether oxygens (including phenoxy) is 1. The summed E-state index contributed by atoms with van der Waals surface area (Å²) in [5, 5.41) is 13.1. The van der Waals surface area contributed by atoms with Crippen LogP contribution in [0.2, 0.25) is 5.02 Å². The Kier molecular flexibility index (Phi) is 7.61. The third-order valence-electron chi connectivity index (χ3n) is 4.33. The van der Waals surface area contributed by atoms with Crippen molar-refractivity contribution in [1.82, 2.24) is 4.90 Å². The van der Waals surface area contributed by atoms with Crippen LogP contribution in [0.5, 0.6) is 5.75 Å². The van der Waals surface area contributed by atoms with Crippen molar-refractivity contribution < 1.29 is 24.2 Å². The van der Waals surface area contributed by atoms with Crippen LogP contribution in [0.25, 0.3) is 0 Å². The first-order chi connectivity index (χ1) is 13.7. The molecule has 7 nitrogen and oxygen atoms in total. The molecule has 0 bridgehead atoms. The van der Waals surface area contributed by atoms with Crippen molar-refractivity contribution in [2.75, 3.05) is 25.0 Å². The van der Waals surface area contributed by atoms with Crippen LogP contribution >= 0.6 is 11.6 Å². The molecular formula is C21H23ClN2O5. The summed E-state index contributed by atoms with van der Waals surface area (Å²) in [6.45, 7) is 4.71. The molecular weight excluding hydrogens is 396 g/mol. The van der Waals surface area contributed by atoms with E-state index in [9.17, 15) is 19.5 Å². The second-order valence-corrected chi connectivity index (χ2v) is 6.90. The van der Waals surface area contributed by atoms with Crippen LogP contribution in [0.1, 0.15) is 28.4 Å². The number of para-hydroxylation sites is 1. The van der Waals surface area contributed by atoms with Crippen LogP contribution in [0.3, 0.4) is 0 Å². The molecule has 0 heterocycles. The number of halogens is 1. The summed E-state index contributed by atoms with van der Waals surface area (Å²) in [4.78, 5) is 38.0. The molecule has 2 rings (SSSR count). The lowest BCUT2D eigenvalue weighted by atomic mass is 10.1. The summed E-state index contributed by atoms with van der Waals surface area (Å²) in [7, 11) is 0. The number of phenols is 1. The Morgan fingerprint density at radius 3 is 2.55 bits per heavy atom. The first kappa shape index (κ1) is 22.2. The topological polar surface area (TPSA) is 95.9 Å². The number of esters is 1. The van der Waals surface area contributed by atoms with Crippen molar-refractivity contribution in [2.45, 2.75) is 20.8 Å². The largest absolute Gasteiger partial charge is 0.507 e. The Labute approximate surface area is 174 Å². The molecule has 0 radical (unpaired) electrons. The average molecular weight is 419 g/mol. The molecule has 0 fully saturated rings. The number of carbonyl (C=O) groups is 3. The maximum Gasteiger partial charge on any atom is 0.342 e. The Morgan fingerprint density at radius 1 is 1.14 bits per heavy atom. The summed E-state index contributed by atoms with van der Waals surface area (Å²) < 4.78 is 5.00. The molecule has 2 aromatic rings. The highest BCUT2D eigenvalue weighted by Gasteiger charge is 2.20. The average Bonchev–Trinajstić information content (AvgIpc) is 2.68. The maximum atomic E-state index is 12.4. The molecule has 8 heteroatoms. The lowest BCUT2D eigenvalue weighted by Gasteiger charge is -2.20. The Hall–Kier alpha value is -3.06. The zero-order valence-corrected chi connectivity index (χ0v) is 17.2. The Bertz CT molecular complexity index is 929. The van der Waals surface area contributed by atoms with Gasteiger partial charge in [0.25, 0.3) is 5.91 Å². The first-order valence-electron chi connectivity index (χ1n) is 9.02. The van der Waals surface area contributed by atoms with E-state index in [2.05, 4.69) is 5.32 Å². The van der Waals surface area contributed by atoms with Gasteiger partial charge in [-0.05, 0) is 50.1 Å². The molecule has 0 aliphatic heterocycles. The molecule has 0 unspecified atom stereocenters. The number of benzene rings is 2. The highest BCUT2D eigenvalue weighted by Crippen LogP contribution is 2.22. The molecule has 0 aliphatic rings. The number of hydrogen-bond acceptors (Lipinski definition) is 5. The number of nitrogens with zero attached hydrogens (tertiary/aromatic N) is 1. The standard InChI is InChI=1S/C21H23ClN2O5/c1-4-24(11-18(25)23-17-10-15(22)9-8-13(17)2)19(26)12-29-21(28)16-7-5-6-14(3)20(16)27/h5-10,27H,4,11-12H2,1-3H3,(H,23,25). The van der Waals surface area contributed by atoms with E-state index in [1.807, 2.05) is 6.92 Å². The number of aromatic hydroxyl groups is 1. The summed E-state index contributed by atoms with van der Waals surface area (Å²) >= 11 is 5.94. The van der Waals surface area contributed by atoms with Gasteiger partial charge in [-0.2, -0.15) is 0 Å². The zero-order valence-electron chi connectivity index (χ0n) is 16.5. The van der Waals surface area contributed by atoms with E-state index in [-0.39, 0.29) is 24.4 Å². The third-order valence-corrected chi connectivity index (χ3v) is 4.56. The van der Waals surface area contributed by atoms with Gasteiger partial charge in [0.05, 0.1) is 6.54 Å². The second-order valence-electron chi connectivity index (χ2n) is 6.46. The molecule has 0 saturated heterocycles. The van der Waals surface area contributed by atoms with Gasteiger partial charge in [0.1, 0.15) is 11.3 Å². The van der Waals surface area contributed by atoms with Crippen molar-refractivity contribution in [2.24, 2.45) is 0 Å². The van der Waals surface area contributed by atoms with Crippen LogP contribution in [0.4, 0.5) is 5.69 Å². The van der Waals surface area contributed by atoms with Crippen molar-refractivity contribution in [3.8, 4) is 5.75 Å². The molecule has 154 valence electrons. The summed E-state index contributed by atoms with van der Waals surface area (Å²) in [5.41, 5.74) is 1.90.